The number of benzene rings is 1. The molecule has 15 heteroatoms. The van der Waals surface area contributed by atoms with Gasteiger partial charge in [0, 0.05) is 17.2 Å². The number of β-lactam (4-membered cyclic amide) rings is 1. The topological polar surface area (TPSA) is 209 Å². The number of primary amides is 1. The predicted octanol–water partition coefficient (Wildman–Crippen LogP) is 0.134. The highest BCUT2D eigenvalue weighted by atomic mass is 32.2. The highest BCUT2D eigenvalue weighted by Gasteiger charge is 2.54. The van der Waals surface area contributed by atoms with Crippen LogP contribution < -0.4 is 22.1 Å². The summed E-state index contributed by atoms with van der Waals surface area (Å²) in [6.07, 6.45) is 0. The van der Waals surface area contributed by atoms with Gasteiger partial charge in [-0.2, -0.15) is 0 Å². The van der Waals surface area contributed by atoms with Gasteiger partial charge in [-0.05, 0) is 30.2 Å². The predicted molar refractivity (Wildman–Crippen MR) is 128 cm³/mol. The van der Waals surface area contributed by atoms with Gasteiger partial charge in [0.2, 0.25) is 5.91 Å². The molecule has 1 aromatic heterocycles. The van der Waals surface area contributed by atoms with E-state index in [9.17, 15) is 24.3 Å². The molecule has 0 saturated carbocycles. The van der Waals surface area contributed by atoms with Gasteiger partial charge in [0.05, 0.1) is 5.69 Å². The van der Waals surface area contributed by atoms with Gasteiger partial charge in [0.25, 0.3) is 5.91 Å². The quantitative estimate of drug-likeness (QED) is 0.205. The molecule has 0 bridgehead atoms. The summed E-state index contributed by atoms with van der Waals surface area (Å²) in [5, 5.41) is 25.4. The van der Waals surface area contributed by atoms with Crippen LogP contribution in [0.15, 0.2) is 40.6 Å². The summed E-state index contributed by atoms with van der Waals surface area (Å²) in [7, 11) is 0. The lowest BCUT2D eigenvalue weighted by molar-refractivity contribution is -0.150. The van der Waals surface area contributed by atoms with Crippen molar-refractivity contribution in [2.24, 2.45) is 11.5 Å². The van der Waals surface area contributed by atoms with Crippen LogP contribution in [-0.4, -0.2) is 72.2 Å². The SMILES string of the molecule is Cc1nn[nH]c1SCC1=C(C(=O)O)N2C(=O)C(NC(=O)C(N)c3ccc(NC(N)=O)cc3)[C@@H]2SC1. The van der Waals surface area contributed by atoms with Crippen molar-refractivity contribution in [3.63, 3.8) is 0 Å². The molecule has 4 amide bonds. The van der Waals surface area contributed by atoms with Gasteiger partial charge < -0.3 is 27.2 Å². The minimum absolute atomic E-state index is 0.0660. The third kappa shape index (κ3) is 4.96. The largest absolute Gasteiger partial charge is 0.477 e. The molecule has 1 saturated heterocycles. The number of urea groups is 1. The van der Waals surface area contributed by atoms with Crippen LogP contribution in [0.1, 0.15) is 17.3 Å². The van der Waals surface area contributed by atoms with E-state index in [0.29, 0.717) is 34.0 Å². The summed E-state index contributed by atoms with van der Waals surface area (Å²) in [5.41, 5.74) is 13.3. The minimum atomic E-state index is -1.20. The molecule has 1 fully saturated rings. The molecule has 3 heterocycles. The number of rotatable bonds is 8. The molecule has 13 nitrogen and oxygen atoms in total. The summed E-state index contributed by atoms with van der Waals surface area (Å²) >= 11 is 2.73. The van der Waals surface area contributed by atoms with E-state index in [0.717, 1.165) is 5.03 Å². The Bertz CT molecular complexity index is 1210. The van der Waals surface area contributed by atoms with E-state index in [1.807, 2.05) is 0 Å². The average Bonchev–Trinajstić information content (AvgIpc) is 3.24. The third-order valence-electron chi connectivity index (χ3n) is 5.44. The smallest absolute Gasteiger partial charge is 0.352 e. The number of aryl methyl sites for hydroxylation is 1. The van der Waals surface area contributed by atoms with E-state index in [1.165, 1.54) is 28.4 Å². The molecule has 2 aliphatic heterocycles. The van der Waals surface area contributed by atoms with Crippen LogP contribution in [0.3, 0.4) is 0 Å². The second kappa shape index (κ2) is 9.97. The molecular formula is C20H22N8O5S2. The molecule has 4 rings (SSSR count). The Hall–Kier alpha value is -3.56. The number of nitrogens with two attached hydrogens (primary N) is 2. The second-order valence-corrected chi connectivity index (χ2v) is 9.85. The fourth-order valence-electron chi connectivity index (χ4n) is 3.67. The number of carboxylic acids is 1. The zero-order chi connectivity index (χ0) is 25.3. The van der Waals surface area contributed by atoms with Crippen molar-refractivity contribution in [2.75, 3.05) is 16.8 Å². The van der Waals surface area contributed by atoms with Gasteiger partial charge in [-0.25, -0.2) is 9.59 Å². The number of carboxylic acid groups (broad SMARTS) is 1. The van der Waals surface area contributed by atoms with Gasteiger partial charge in [-0.3, -0.25) is 19.6 Å². The highest BCUT2D eigenvalue weighted by molar-refractivity contribution is 8.01. The maximum Gasteiger partial charge on any atom is 0.352 e. The molecule has 0 radical (unpaired) electrons. The molecule has 3 atom stereocenters. The monoisotopic (exact) mass is 518 g/mol. The van der Waals surface area contributed by atoms with Crippen LogP contribution in [0.5, 0.6) is 0 Å². The molecule has 0 spiro atoms. The number of fused-ring (bicyclic) bond motifs is 1. The maximum absolute atomic E-state index is 12.9. The first-order valence-electron chi connectivity index (χ1n) is 10.3. The molecule has 184 valence electrons. The lowest BCUT2D eigenvalue weighted by atomic mass is 10.0. The first-order valence-corrected chi connectivity index (χ1v) is 12.3. The Kier molecular flexibility index (Phi) is 7.00. The first-order chi connectivity index (χ1) is 16.7. The van der Waals surface area contributed by atoms with Gasteiger partial charge in [0.1, 0.15) is 28.2 Å². The molecule has 1 aromatic carbocycles. The van der Waals surface area contributed by atoms with Gasteiger partial charge in [-0.1, -0.05) is 17.3 Å². The second-order valence-electron chi connectivity index (χ2n) is 7.76. The molecule has 2 aromatic rings. The Balaban J connectivity index is 1.42. The van der Waals surface area contributed by atoms with Crippen LogP contribution in [0, 0.1) is 6.92 Å². The van der Waals surface area contributed by atoms with E-state index < -0.39 is 41.3 Å². The summed E-state index contributed by atoms with van der Waals surface area (Å²) in [4.78, 5) is 49.7. The Morgan fingerprint density at radius 2 is 2.06 bits per heavy atom. The third-order valence-corrected chi connectivity index (χ3v) is 7.95. The standard InChI is InChI=1S/C20H22N8O5S2/c1-8-16(26-27-25-8)34-6-10-7-35-18-13(17(30)28(18)14(10)19(31)32)24-15(29)12(21)9-2-4-11(5-3-9)23-20(22)33/h2-5,12-13,18H,6-7,21H2,1H3,(H,24,29)(H,31,32)(H3,22,23,33)(H,25,26,27)/t12?,13?,18-/m0/s1. The van der Waals surface area contributed by atoms with Crippen LogP contribution in [0.25, 0.3) is 0 Å². The number of amides is 4. The number of thioether (sulfide) groups is 2. The van der Waals surface area contributed by atoms with E-state index in [2.05, 4.69) is 26.0 Å². The minimum Gasteiger partial charge on any atom is -0.477 e. The number of hydrogen-bond donors (Lipinski definition) is 6. The van der Waals surface area contributed by atoms with E-state index >= 15 is 0 Å². The Morgan fingerprint density at radius 3 is 2.66 bits per heavy atom. The average molecular weight is 519 g/mol. The molecule has 2 unspecified atom stereocenters. The number of carbonyl (C=O) groups is 4. The van der Waals surface area contributed by atoms with Crippen molar-refractivity contribution in [1.82, 2.24) is 25.6 Å². The van der Waals surface area contributed by atoms with E-state index in [-0.39, 0.29) is 5.70 Å². The van der Waals surface area contributed by atoms with Crippen LogP contribution >= 0.6 is 23.5 Å². The Morgan fingerprint density at radius 1 is 1.34 bits per heavy atom. The van der Waals surface area contributed by atoms with Crippen molar-refractivity contribution < 1.29 is 24.3 Å². The number of nitrogens with one attached hydrogen (secondary N) is 3. The number of carbonyl (C=O) groups excluding carboxylic acids is 3. The van der Waals surface area contributed by atoms with Crippen molar-refractivity contribution in [1.29, 1.82) is 0 Å². The zero-order valence-electron chi connectivity index (χ0n) is 18.3. The molecule has 8 N–H and O–H groups in total. The normalized spacial score (nSPS) is 20.1. The lowest BCUT2D eigenvalue weighted by Gasteiger charge is -2.49. The van der Waals surface area contributed by atoms with Crippen LogP contribution in [0.4, 0.5) is 10.5 Å². The lowest BCUT2D eigenvalue weighted by Crippen LogP contribution is -2.71. The van der Waals surface area contributed by atoms with E-state index in [1.54, 1.807) is 31.2 Å². The summed E-state index contributed by atoms with van der Waals surface area (Å²) < 4.78 is 0. The van der Waals surface area contributed by atoms with Crippen molar-refractivity contribution in [2.45, 2.75) is 29.4 Å². The zero-order valence-corrected chi connectivity index (χ0v) is 20.0. The molecular weight excluding hydrogens is 496 g/mol. The number of aliphatic carboxylic acids is 1. The van der Waals surface area contributed by atoms with Crippen LogP contribution in [-0.2, 0) is 14.4 Å². The van der Waals surface area contributed by atoms with Crippen LogP contribution in [0.2, 0.25) is 0 Å². The number of anilines is 1. The number of nitrogens with zero attached hydrogens (tertiary/aromatic N) is 3. The van der Waals surface area contributed by atoms with Gasteiger partial charge >= 0.3 is 12.0 Å². The number of aromatic nitrogens is 3. The first kappa shape index (κ1) is 24.6. The summed E-state index contributed by atoms with van der Waals surface area (Å²) in [5.74, 6) is -1.56. The van der Waals surface area contributed by atoms with Crippen molar-refractivity contribution in [3.8, 4) is 0 Å². The molecule has 0 aliphatic carbocycles. The van der Waals surface area contributed by atoms with Crippen molar-refractivity contribution in [3.05, 3.63) is 46.8 Å². The van der Waals surface area contributed by atoms with Crippen molar-refractivity contribution >= 4 is 53.0 Å². The fourth-order valence-corrected chi connectivity index (χ4v) is 6.06. The summed E-state index contributed by atoms with van der Waals surface area (Å²) in [6, 6.07) is 3.54. The number of hydrogen-bond acceptors (Lipinski definition) is 9. The maximum atomic E-state index is 12.9. The molecule has 35 heavy (non-hydrogen) atoms. The number of aromatic amines is 1. The number of H-pyrrole nitrogens is 1. The van der Waals surface area contributed by atoms with Gasteiger partial charge in [0.15, 0.2) is 0 Å². The van der Waals surface area contributed by atoms with Gasteiger partial charge in [-0.15, -0.1) is 28.6 Å². The van der Waals surface area contributed by atoms with E-state index in [4.69, 9.17) is 11.5 Å². The highest BCUT2D eigenvalue weighted by Crippen LogP contribution is 2.41. The summed E-state index contributed by atoms with van der Waals surface area (Å²) in [6.45, 7) is 1.78. The molecule has 2 aliphatic rings. The fraction of sp³-hybridized carbons (Fsp3) is 0.300. The Labute approximate surface area is 207 Å².